The van der Waals surface area contributed by atoms with Crippen LogP contribution in [0.3, 0.4) is 0 Å². The first kappa shape index (κ1) is 36.3. The summed E-state index contributed by atoms with van der Waals surface area (Å²) in [5.74, 6) is 3.44. The van der Waals surface area contributed by atoms with Gasteiger partial charge in [0.25, 0.3) is 0 Å². The maximum Gasteiger partial charge on any atom is 0.178 e. The third kappa shape index (κ3) is 6.27. The van der Waals surface area contributed by atoms with Crippen molar-refractivity contribution in [3.8, 4) is 39.9 Å². The van der Waals surface area contributed by atoms with Crippen LogP contribution in [0.1, 0.15) is 41.2 Å². The Morgan fingerprint density at radius 2 is 1.25 bits per heavy atom. The number of hydrogen-bond donors (Lipinski definition) is 1. The average Bonchev–Trinajstić information content (AvgIpc) is 3.51. The minimum atomic E-state index is -1.01. The van der Waals surface area contributed by atoms with E-state index in [1.54, 1.807) is 28.4 Å². The summed E-state index contributed by atoms with van der Waals surface area (Å²) in [5.41, 5.74) is 5.29. The quantitative estimate of drug-likeness (QED) is 0.102. The highest BCUT2D eigenvalue weighted by molar-refractivity contribution is 6.09. The first-order chi connectivity index (χ1) is 26.0. The Labute approximate surface area is 310 Å². The maximum absolute atomic E-state index is 9.01. The number of aliphatic hydroxyl groups excluding tert-OH is 1. The van der Waals surface area contributed by atoms with Crippen LogP contribution in [-0.4, -0.2) is 73.2 Å². The molecular weight excluding hydrogens is 672 g/mol. The van der Waals surface area contributed by atoms with Crippen molar-refractivity contribution in [1.82, 2.24) is 0 Å². The number of hydrogen-bond acceptors (Lipinski definition) is 9. The van der Waals surface area contributed by atoms with Crippen molar-refractivity contribution in [3.05, 3.63) is 119 Å². The number of fused-ring (bicyclic) bond motifs is 8. The molecule has 0 aromatic heterocycles. The predicted octanol–water partition coefficient (Wildman–Crippen LogP) is 7.90. The Morgan fingerprint density at radius 3 is 1.83 bits per heavy atom. The van der Waals surface area contributed by atoms with E-state index in [-0.39, 0.29) is 13.2 Å². The van der Waals surface area contributed by atoms with Gasteiger partial charge in [0.05, 0.1) is 68.1 Å². The molecule has 0 saturated heterocycles. The fourth-order valence-electron chi connectivity index (χ4n) is 7.79. The minimum absolute atomic E-state index is 0.0158. The third-order valence-corrected chi connectivity index (χ3v) is 10.3. The lowest BCUT2D eigenvalue weighted by molar-refractivity contribution is -0.0539. The number of rotatable bonds is 16. The third-order valence-electron chi connectivity index (χ3n) is 10.3. The lowest BCUT2D eigenvalue weighted by atomic mass is 9.79. The van der Waals surface area contributed by atoms with Crippen molar-refractivity contribution in [2.24, 2.45) is 0 Å². The van der Waals surface area contributed by atoms with E-state index < -0.39 is 11.2 Å². The highest BCUT2D eigenvalue weighted by Crippen LogP contribution is 2.60. The molecule has 1 aliphatic heterocycles. The van der Waals surface area contributed by atoms with Gasteiger partial charge in [0, 0.05) is 27.6 Å². The molecule has 2 aliphatic rings. The van der Waals surface area contributed by atoms with Crippen molar-refractivity contribution < 1.29 is 43.0 Å². The van der Waals surface area contributed by atoms with Gasteiger partial charge in [-0.3, -0.25) is 0 Å². The Kier molecular flexibility index (Phi) is 10.6. The van der Waals surface area contributed by atoms with Crippen molar-refractivity contribution in [2.75, 3.05) is 68.1 Å². The number of benzene rings is 5. The van der Waals surface area contributed by atoms with Crippen LogP contribution in [0.5, 0.6) is 28.7 Å². The average molecular weight is 719 g/mol. The van der Waals surface area contributed by atoms with Gasteiger partial charge in [0.2, 0.25) is 0 Å². The van der Waals surface area contributed by atoms with E-state index in [0.717, 1.165) is 61.2 Å². The molecule has 5 aromatic carbocycles. The van der Waals surface area contributed by atoms with Crippen molar-refractivity contribution in [1.29, 1.82) is 0 Å². The molecule has 9 heteroatoms. The summed E-state index contributed by atoms with van der Waals surface area (Å²) in [6.07, 6.45) is 5.00. The second kappa shape index (κ2) is 15.5. The molecule has 53 heavy (non-hydrogen) atoms. The van der Waals surface area contributed by atoms with E-state index in [1.807, 2.05) is 54.6 Å². The molecule has 0 spiro atoms. The Bertz CT molecular complexity index is 2040. The van der Waals surface area contributed by atoms with Gasteiger partial charge in [0.15, 0.2) is 17.1 Å². The summed E-state index contributed by atoms with van der Waals surface area (Å²) < 4.78 is 48.6. The minimum Gasteiger partial charge on any atom is -0.497 e. The zero-order valence-corrected chi connectivity index (χ0v) is 30.9. The summed E-state index contributed by atoms with van der Waals surface area (Å²) in [6, 6.07) is 28.5. The van der Waals surface area contributed by atoms with Gasteiger partial charge in [-0.2, -0.15) is 0 Å². The van der Waals surface area contributed by atoms with E-state index in [1.165, 1.54) is 0 Å². The van der Waals surface area contributed by atoms with E-state index in [2.05, 4.69) is 49.4 Å². The summed E-state index contributed by atoms with van der Waals surface area (Å²) >= 11 is 0. The van der Waals surface area contributed by atoms with Crippen LogP contribution >= 0.6 is 0 Å². The zero-order valence-electron chi connectivity index (χ0n) is 30.9. The van der Waals surface area contributed by atoms with Gasteiger partial charge >= 0.3 is 0 Å². The second-order valence-electron chi connectivity index (χ2n) is 12.9. The van der Waals surface area contributed by atoms with Gasteiger partial charge in [-0.05, 0) is 71.0 Å². The summed E-state index contributed by atoms with van der Waals surface area (Å²) in [7, 11) is 6.63. The number of aliphatic hydroxyl groups is 1. The molecule has 0 fully saturated rings. The fraction of sp³-hybridized carbons (Fsp3) is 0.318. The Hall–Kier alpha value is -5.06. The molecule has 0 radical (unpaired) electrons. The molecule has 1 heterocycles. The highest BCUT2D eigenvalue weighted by atomic mass is 16.6. The van der Waals surface area contributed by atoms with E-state index in [4.69, 9.17) is 43.0 Å². The van der Waals surface area contributed by atoms with Crippen molar-refractivity contribution in [3.63, 3.8) is 0 Å². The van der Waals surface area contributed by atoms with Gasteiger partial charge < -0.3 is 43.0 Å². The van der Waals surface area contributed by atoms with Crippen LogP contribution in [0.4, 0.5) is 0 Å². The first-order valence-corrected chi connectivity index (χ1v) is 17.9. The molecule has 1 aliphatic carbocycles. The lowest BCUT2D eigenvalue weighted by Crippen LogP contribution is -2.36. The Balaban J connectivity index is 1.45. The normalized spacial score (nSPS) is 16.4. The topological polar surface area (TPSA) is 94.1 Å². The van der Waals surface area contributed by atoms with Gasteiger partial charge in [0.1, 0.15) is 22.8 Å². The van der Waals surface area contributed by atoms with Gasteiger partial charge in [-0.25, -0.2) is 0 Å². The van der Waals surface area contributed by atoms with Crippen molar-refractivity contribution >= 4 is 16.8 Å². The molecule has 7 rings (SSSR count). The van der Waals surface area contributed by atoms with Gasteiger partial charge in [-0.1, -0.05) is 61.5 Å². The molecule has 1 N–H and O–H groups in total. The van der Waals surface area contributed by atoms with Crippen LogP contribution in [0.2, 0.25) is 0 Å². The smallest absolute Gasteiger partial charge is 0.178 e. The van der Waals surface area contributed by atoms with Crippen LogP contribution < -0.4 is 23.7 Å². The molecule has 0 bridgehead atoms. The predicted molar refractivity (Wildman–Crippen MR) is 205 cm³/mol. The highest BCUT2D eigenvalue weighted by Gasteiger charge is 2.48. The van der Waals surface area contributed by atoms with Crippen molar-refractivity contribution in [2.45, 2.75) is 24.5 Å². The molecule has 5 aromatic rings. The number of ether oxygens (including phenoxy) is 8. The molecular formula is C44H46O9. The SMILES string of the molecule is CCC1(OCCOCCOCCO)c2ccccc2-c2c1c1c(c3cc(OC)c(OC)cc23)OC(c2ccc(OC)cc2)(c2ccc(OC)cc2)C=C1. The molecule has 9 nitrogen and oxygen atoms in total. The molecule has 1 unspecified atom stereocenters. The summed E-state index contributed by atoms with van der Waals surface area (Å²) in [4.78, 5) is 0. The van der Waals surface area contributed by atoms with Crippen LogP contribution in [0.25, 0.3) is 28.0 Å². The van der Waals surface area contributed by atoms with Crippen LogP contribution in [0.15, 0.2) is 91.0 Å². The molecule has 0 saturated carbocycles. The van der Waals surface area contributed by atoms with E-state index >= 15 is 0 Å². The second-order valence-corrected chi connectivity index (χ2v) is 12.9. The van der Waals surface area contributed by atoms with E-state index in [9.17, 15) is 0 Å². The fourth-order valence-corrected chi connectivity index (χ4v) is 7.79. The van der Waals surface area contributed by atoms with Crippen LogP contribution in [0, 0.1) is 0 Å². The van der Waals surface area contributed by atoms with Gasteiger partial charge in [-0.15, -0.1) is 0 Å². The first-order valence-electron chi connectivity index (χ1n) is 17.9. The molecule has 276 valence electrons. The Morgan fingerprint density at radius 1 is 0.660 bits per heavy atom. The van der Waals surface area contributed by atoms with Crippen LogP contribution in [-0.2, 0) is 25.4 Å². The summed E-state index contributed by atoms with van der Waals surface area (Å²) in [6.45, 7) is 3.98. The molecule has 0 amide bonds. The largest absolute Gasteiger partial charge is 0.497 e. The zero-order chi connectivity index (χ0) is 37.0. The van der Waals surface area contributed by atoms with E-state index in [0.29, 0.717) is 50.1 Å². The lowest BCUT2D eigenvalue weighted by Gasteiger charge is -2.39. The monoisotopic (exact) mass is 718 g/mol. The summed E-state index contributed by atoms with van der Waals surface area (Å²) in [5, 5.41) is 10.9. The standard InChI is InChI=1S/C44H46O9/c1-6-43(52-26-25-51-24-23-50-22-21-45)37-10-8-7-9-33(37)40-35-27-38(48-4)39(49-5)28-36(35)42-34(41(40)43)19-20-44(53-42,29-11-15-31(46-2)16-12-29)30-13-17-32(47-3)18-14-30/h7-20,27-28,45H,6,21-26H2,1-5H3. The molecule has 1 atom stereocenters. The maximum atomic E-state index is 9.01. The number of methoxy groups -OCH3 is 4.